The number of hydrogen-bond donors (Lipinski definition) is 4. The number of aliphatic imine (C=N–C) groups is 1. The van der Waals surface area contributed by atoms with Gasteiger partial charge in [-0.2, -0.15) is 4.99 Å². The van der Waals surface area contributed by atoms with Crippen molar-refractivity contribution in [1.82, 2.24) is 5.01 Å². The van der Waals surface area contributed by atoms with E-state index in [1.165, 1.54) is 0 Å². The van der Waals surface area contributed by atoms with Crippen LogP contribution < -0.4 is 17.3 Å². The van der Waals surface area contributed by atoms with Crippen molar-refractivity contribution in [1.29, 1.82) is 5.41 Å². The molecule has 0 aliphatic carbocycles. The maximum atomic E-state index is 7.09. The molecular formula is C4H10N6. The zero-order chi connectivity index (χ0) is 7.72. The van der Waals surface area contributed by atoms with Gasteiger partial charge in [0.15, 0.2) is 0 Å². The van der Waals surface area contributed by atoms with E-state index in [-0.39, 0.29) is 17.8 Å². The summed E-state index contributed by atoms with van der Waals surface area (Å²) in [6.45, 7) is 0.355. The lowest BCUT2D eigenvalue weighted by Crippen LogP contribution is -2.54. The minimum absolute atomic E-state index is 0.0424. The second-order valence-corrected chi connectivity index (χ2v) is 2.12. The lowest BCUT2D eigenvalue weighted by Gasteiger charge is -2.25. The molecule has 0 amide bonds. The number of hydrazine groups is 1. The van der Waals surface area contributed by atoms with Gasteiger partial charge in [-0.15, -0.1) is 0 Å². The van der Waals surface area contributed by atoms with Gasteiger partial charge in [0.05, 0.1) is 12.6 Å². The van der Waals surface area contributed by atoms with E-state index in [4.69, 9.17) is 22.7 Å². The molecule has 0 saturated heterocycles. The fourth-order valence-electron chi connectivity index (χ4n) is 0.661. The van der Waals surface area contributed by atoms with Gasteiger partial charge in [-0.3, -0.25) is 10.4 Å². The summed E-state index contributed by atoms with van der Waals surface area (Å²) in [4.78, 5) is 3.60. The third kappa shape index (κ3) is 1.07. The summed E-state index contributed by atoms with van der Waals surface area (Å²) < 4.78 is 0. The third-order valence-electron chi connectivity index (χ3n) is 1.28. The van der Waals surface area contributed by atoms with Crippen molar-refractivity contribution in [2.45, 2.75) is 6.04 Å². The highest BCUT2D eigenvalue weighted by Gasteiger charge is 2.19. The highest BCUT2D eigenvalue weighted by molar-refractivity contribution is 5.98. The number of rotatable bonds is 0. The number of hydrogen-bond acceptors (Lipinski definition) is 4. The number of nitrogens with one attached hydrogen (secondary N) is 1. The van der Waals surface area contributed by atoms with Gasteiger partial charge >= 0.3 is 0 Å². The van der Waals surface area contributed by atoms with Crippen LogP contribution in [-0.2, 0) is 0 Å². The molecule has 1 rings (SSSR count). The fraction of sp³-hybridized carbons (Fsp3) is 0.500. The molecule has 6 nitrogen and oxygen atoms in total. The van der Waals surface area contributed by atoms with Gasteiger partial charge in [-0.25, -0.2) is 5.84 Å². The summed E-state index contributed by atoms with van der Waals surface area (Å²) in [6, 6.07) is -0.348. The number of guanidine groups is 1. The van der Waals surface area contributed by atoms with Crippen LogP contribution in [0.2, 0.25) is 0 Å². The van der Waals surface area contributed by atoms with Crippen molar-refractivity contribution in [2.24, 2.45) is 22.3 Å². The van der Waals surface area contributed by atoms with Crippen LogP contribution >= 0.6 is 0 Å². The molecule has 1 aliphatic rings. The molecule has 0 radical (unpaired) electrons. The Hall–Kier alpha value is -1.14. The van der Waals surface area contributed by atoms with Crippen LogP contribution in [0.4, 0.5) is 0 Å². The first-order chi connectivity index (χ1) is 4.61. The van der Waals surface area contributed by atoms with Crippen LogP contribution in [0.15, 0.2) is 4.99 Å². The van der Waals surface area contributed by atoms with Crippen LogP contribution in [-0.4, -0.2) is 29.4 Å². The topological polar surface area (TPSA) is 118 Å². The second kappa shape index (κ2) is 2.24. The normalized spacial score (nSPS) is 26.6. The molecule has 6 heteroatoms. The van der Waals surface area contributed by atoms with Crippen LogP contribution in [0, 0.1) is 5.41 Å². The molecule has 0 spiro atoms. The lowest BCUT2D eigenvalue weighted by molar-refractivity contribution is 0.413. The standard InChI is InChI=1S/C4H10N6/c5-2-1-10(8)4(7)9-3(2)6/h2H,1,5,8H2,(H3,6,7,9). The zero-order valence-electron chi connectivity index (χ0n) is 5.41. The van der Waals surface area contributed by atoms with Gasteiger partial charge in [0, 0.05) is 0 Å². The average Bonchev–Trinajstić information content (AvgIpc) is 1.84. The Bertz CT molecular complexity index is 184. The monoisotopic (exact) mass is 142 g/mol. The number of nitrogens with two attached hydrogens (primary N) is 3. The fourth-order valence-corrected chi connectivity index (χ4v) is 0.661. The largest absolute Gasteiger partial charge is 0.386 e. The summed E-state index contributed by atoms with van der Waals surface area (Å²) in [7, 11) is 0. The zero-order valence-corrected chi connectivity index (χ0v) is 5.41. The molecule has 56 valence electrons. The third-order valence-corrected chi connectivity index (χ3v) is 1.28. The summed E-state index contributed by atoms with van der Waals surface area (Å²) in [6.07, 6.45) is 0. The van der Waals surface area contributed by atoms with Crippen molar-refractivity contribution in [3.05, 3.63) is 0 Å². The first-order valence-corrected chi connectivity index (χ1v) is 2.81. The molecule has 0 aromatic heterocycles. The highest BCUT2D eigenvalue weighted by atomic mass is 15.5. The van der Waals surface area contributed by atoms with E-state index in [1.54, 1.807) is 0 Å². The molecule has 0 aromatic carbocycles. The number of amidine groups is 1. The van der Waals surface area contributed by atoms with Gasteiger partial charge in [0.25, 0.3) is 0 Å². The SMILES string of the molecule is N=C1N=C(N)C(N)CN1N. The highest BCUT2D eigenvalue weighted by Crippen LogP contribution is 1.94. The predicted molar refractivity (Wildman–Crippen MR) is 38.2 cm³/mol. The molecule has 0 fully saturated rings. The summed E-state index contributed by atoms with van der Waals surface area (Å²) in [5.41, 5.74) is 10.8. The summed E-state index contributed by atoms with van der Waals surface area (Å²) in [5, 5.41) is 8.25. The molecule has 0 aromatic rings. The molecular weight excluding hydrogens is 132 g/mol. The van der Waals surface area contributed by atoms with Crippen molar-refractivity contribution >= 4 is 11.8 Å². The minimum atomic E-state index is -0.348. The van der Waals surface area contributed by atoms with Crippen molar-refractivity contribution in [3.63, 3.8) is 0 Å². The summed E-state index contributed by atoms with van der Waals surface area (Å²) >= 11 is 0. The van der Waals surface area contributed by atoms with Crippen molar-refractivity contribution < 1.29 is 0 Å². The maximum Gasteiger partial charge on any atom is 0.234 e. The molecule has 10 heavy (non-hydrogen) atoms. The van der Waals surface area contributed by atoms with E-state index in [2.05, 4.69) is 4.99 Å². The first-order valence-electron chi connectivity index (χ1n) is 2.81. The Morgan fingerprint density at radius 3 is 2.80 bits per heavy atom. The van der Waals surface area contributed by atoms with E-state index in [1.807, 2.05) is 0 Å². The lowest BCUT2D eigenvalue weighted by atomic mass is 10.2. The van der Waals surface area contributed by atoms with Gasteiger partial charge < -0.3 is 11.5 Å². The van der Waals surface area contributed by atoms with E-state index in [9.17, 15) is 0 Å². The molecule has 0 bridgehead atoms. The Labute approximate surface area is 58.2 Å². The molecule has 1 atom stereocenters. The van der Waals surface area contributed by atoms with Crippen LogP contribution in [0.3, 0.4) is 0 Å². The van der Waals surface area contributed by atoms with E-state index in [0.29, 0.717) is 6.54 Å². The quantitative estimate of drug-likeness (QED) is 0.287. The predicted octanol–water partition coefficient (Wildman–Crippen LogP) is -2.21. The Balaban J connectivity index is 2.79. The Morgan fingerprint density at radius 2 is 2.30 bits per heavy atom. The van der Waals surface area contributed by atoms with E-state index < -0.39 is 0 Å². The average molecular weight is 142 g/mol. The van der Waals surface area contributed by atoms with E-state index >= 15 is 0 Å². The smallest absolute Gasteiger partial charge is 0.234 e. The molecule has 1 unspecified atom stereocenters. The number of nitrogens with zero attached hydrogens (tertiary/aromatic N) is 2. The Kier molecular flexibility index (Phi) is 1.56. The molecule has 0 saturated carbocycles. The Morgan fingerprint density at radius 1 is 1.70 bits per heavy atom. The van der Waals surface area contributed by atoms with Gasteiger partial charge in [0.2, 0.25) is 5.96 Å². The van der Waals surface area contributed by atoms with Crippen LogP contribution in [0.5, 0.6) is 0 Å². The molecule has 1 heterocycles. The summed E-state index contributed by atoms with van der Waals surface area (Å²) in [5.74, 6) is 5.52. The van der Waals surface area contributed by atoms with Gasteiger partial charge in [-0.05, 0) is 0 Å². The van der Waals surface area contributed by atoms with Crippen LogP contribution in [0.1, 0.15) is 0 Å². The van der Waals surface area contributed by atoms with Gasteiger partial charge in [0.1, 0.15) is 5.84 Å². The van der Waals surface area contributed by atoms with Gasteiger partial charge in [-0.1, -0.05) is 0 Å². The van der Waals surface area contributed by atoms with Crippen molar-refractivity contribution in [3.8, 4) is 0 Å². The first kappa shape index (κ1) is 6.97. The minimum Gasteiger partial charge on any atom is -0.386 e. The second-order valence-electron chi connectivity index (χ2n) is 2.12. The maximum absolute atomic E-state index is 7.09. The molecule has 1 aliphatic heterocycles. The van der Waals surface area contributed by atoms with E-state index in [0.717, 1.165) is 5.01 Å². The van der Waals surface area contributed by atoms with Crippen molar-refractivity contribution in [2.75, 3.05) is 6.54 Å². The molecule has 7 N–H and O–H groups in total. The van der Waals surface area contributed by atoms with Crippen LogP contribution in [0.25, 0.3) is 0 Å².